The topological polar surface area (TPSA) is 114 Å². The van der Waals surface area contributed by atoms with E-state index in [1.54, 1.807) is 6.92 Å². The van der Waals surface area contributed by atoms with E-state index in [0.717, 1.165) is 0 Å². The molecule has 0 aromatic heterocycles. The van der Waals surface area contributed by atoms with Gasteiger partial charge < -0.3 is 20.5 Å². The lowest BCUT2D eigenvalue weighted by Crippen LogP contribution is -2.40. The van der Waals surface area contributed by atoms with Crippen LogP contribution in [0.25, 0.3) is 0 Å². The average molecular weight is 283 g/mol. The van der Waals surface area contributed by atoms with Crippen molar-refractivity contribution >= 4 is 17.3 Å². The molecule has 0 heterocycles. The van der Waals surface area contributed by atoms with Crippen LogP contribution in [-0.4, -0.2) is 42.2 Å². The number of hydrogen-bond donors (Lipinski definition) is 3. The zero-order valence-electron chi connectivity index (χ0n) is 11.3. The maximum Gasteiger partial charge on any atom is 0.311 e. The quantitative estimate of drug-likeness (QED) is 0.496. The smallest absolute Gasteiger partial charge is 0.311 e. The predicted octanol–water partition coefficient (Wildman–Crippen LogP) is 0.512. The van der Waals surface area contributed by atoms with Gasteiger partial charge in [-0.05, 0) is 13.0 Å². The molecule has 110 valence electrons. The third-order valence-electron chi connectivity index (χ3n) is 2.54. The number of nitrogens with zero attached hydrogens (tertiary/aromatic N) is 1. The number of rotatable bonds is 7. The van der Waals surface area contributed by atoms with E-state index in [9.17, 15) is 14.9 Å². The molecule has 8 heteroatoms. The first-order valence-corrected chi connectivity index (χ1v) is 6.03. The van der Waals surface area contributed by atoms with Gasteiger partial charge in [0.2, 0.25) is 5.91 Å². The highest BCUT2D eigenvalue weighted by Gasteiger charge is 2.19. The van der Waals surface area contributed by atoms with Gasteiger partial charge in [0, 0.05) is 24.9 Å². The van der Waals surface area contributed by atoms with Crippen LogP contribution < -0.4 is 15.4 Å². The summed E-state index contributed by atoms with van der Waals surface area (Å²) in [4.78, 5) is 21.8. The van der Waals surface area contributed by atoms with Gasteiger partial charge in [0.1, 0.15) is 6.04 Å². The Balaban J connectivity index is 2.99. The van der Waals surface area contributed by atoms with Gasteiger partial charge in [-0.2, -0.15) is 0 Å². The Bertz CT molecular complexity index is 492. The van der Waals surface area contributed by atoms with Crippen LogP contribution in [0.5, 0.6) is 5.75 Å². The normalized spacial score (nSPS) is 11.6. The zero-order chi connectivity index (χ0) is 15.1. The summed E-state index contributed by atoms with van der Waals surface area (Å²) in [5.74, 6) is -0.278. The van der Waals surface area contributed by atoms with E-state index in [1.807, 2.05) is 0 Å². The number of carbonyl (C=O) groups is 1. The molecule has 1 amide bonds. The Kier molecular flexibility index (Phi) is 5.73. The molecular weight excluding hydrogens is 266 g/mol. The predicted molar refractivity (Wildman–Crippen MR) is 72.8 cm³/mol. The summed E-state index contributed by atoms with van der Waals surface area (Å²) in [6.45, 7) is 1.59. The summed E-state index contributed by atoms with van der Waals surface area (Å²) in [5.41, 5.74) is 0.291. The van der Waals surface area contributed by atoms with Gasteiger partial charge >= 0.3 is 5.69 Å². The van der Waals surface area contributed by atoms with Gasteiger partial charge in [-0.1, -0.05) is 0 Å². The van der Waals surface area contributed by atoms with Crippen molar-refractivity contribution in [2.75, 3.05) is 25.6 Å². The van der Waals surface area contributed by atoms with Gasteiger partial charge in [-0.3, -0.25) is 14.9 Å². The molecule has 1 rings (SSSR count). The van der Waals surface area contributed by atoms with Crippen LogP contribution in [-0.2, 0) is 4.79 Å². The third-order valence-corrected chi connectivity index (χ3v) is 2.54. The summed E-state index contributed by atoms with van der Waals surface area (Å²) in [5, 5.41) is 25.2. The van der Waals surface area contributed by atoms with Crippen molar-refractivity contribution in [2.24, 2.45) is 0 Å². The number of nitro groups is 1. The molecule has 0 aliphatic rings. The molecule has 0 spiro atoms. The van der Waals surface area contributed by atoms with Crippen molar-refractivity contribution in [3.8, 4) is 5.75 Å². The lowest BCUT2D eigenvalue weighted by Gasteiger charge is -2.16. The van der Waals surface area contributed by atoms with Crippen LogP contribution >= 0.6 is 0 Å². The first-order valence-electron chi connectivity index (χ1n) is 6.03. The van der Waals surface area contributed by atoms with Crippen LogP contribution in [0, 0.1) is 10.1 Å². The lowest BCUT2D eigenvalue weighted by atomic mass is 10.2. The van der Waals surface area contributed by atoms with Crippen molar-refractivity contribution in [1.82, 2.24) is 5.32 Å². The molecule has 0 radical (unpaired) electrons. The summed E-state index contributed by atoms with van der Waals surface area (Å²) < 4.78 is 5.20. The molecule has 1 atom stereocenters. The molecule has 0 aliphatic carbocycles. The maximum absolute atomic E-state index is 11.5. The molecule has 0 aliphatic heterocycles. The molecule has 20 heavy (non-hydrogen) atoms. The molecule has 3 N–H and O–H groups in total. The van der Waals surface area contributed by atoms with E-state index in [2.05, 4.69) is 10.6 Å². The van der Waals surface area contributed by atoms with Gasteiger partial charge in [-0.15, -0.1) is 0 Å². The molecule has 0 saturated heterocycles. The van der Waals surface area contributed by atoms with E-state index in [4.69, 9.17) is 9.84 Å². The molecule has 0 bridgehead atoms. The second-order valence-corrected chi connectivity index (χ2v) is 3.87. The van der Waals surface area contributed by atoms with Crippen molar-refractivity contribution in [3.05, 3.63) is 28.3 Å². The van der Waals surface area contributed by atoms with E-state index in [1.165, 1.54) is 25.2 Å². The SMILES string of the molecule is CCOc1cc(NC(CO)C(=O)NC)ccc1[N+](=O)[O-]. The van der Waals surface area contributed by atoms with E-state index in [0.29, 0.717) is 5.69 Å². The molecule has 0 saturated carbocycles. The minimum Gasteiger partial charge on any atom is -0.487 e. The minimum absolute atomic E-state index is 0.107. The van der Waals surface area contributed by atoms with Crippen molar-refractivity contribution in [2.45, 2.75) is 13.0 Å². The standard InChI is InChI=1S/C12H17N3O5/c1-3-20-11-6-8(4-5-10(11)15(18)19)14-9(7-16)12(17)13-2/h4-6,9,14,16H,3,7H2,1-2H3,(H,13,17). The number of amides is 1. The van der Waals surface area contributed by atoms with Crippen LogP contribution in [0.15, 0.2) is 18.2 Å². The number of aliphatic hydroxyl groups excluding tert-OH is 1. The second-order valence-electron chi connectivity index (χ2n) is 3.87. The second kappa shape index (κ2) is 7.29. The number of anilines is 1. The van der Waals surface area contributed by atoms with Crippen molar-refractivity contribution in [3.63, 3.8) is 0 Å². The van der Waals surface area contributed by atoms with Crippen LogP contribution in [0.3, 0.4) is 0 Å². The van der Waals surface area contributed by atoms with Crippen molar-refractivity contribution < 1.29 is 19.6 Å². The fourth-order valence-electron chi connectivity index (χ4n) is 1.60. The fourth-order valence-corrected chi connectivity index (χ4v) is 1.60. The van der Waals surface area contributed by atoms with E-state index in [-0.39, 0.29) is 24.0 Å². The Morgan fingerprint density at radius 1 is 1.55 bits per heavy atom. The number of nitro benzene ring substituents is 1. The Morgan fingerprint density at radius 2 is 2.25 bits per heavy atom. The summed E-state index contributed by atoms with van der Waals surface area (Å²) in [6.07, 6.45) is 0. The number of ether oxygens (including phenoxy) is 1. The Morgan fingerprint density at radius 3 is 2.75 bits per heavy atom. The third kappa shape index (κ3) is 3.82. The van der Waals surface area contributed by atoms with Crippen LogP contribution in [0.2, 0.25) is 0 Å². The van der Waals surface area contributed by atoms with Gasteiger partial charge in [-0.25, -0.2) is 0 Å². The Labute approximate surface area is 115 Å². The number of nitrogens with one attached hydrogen (secondary N) is 2. The summed E-state index contributed by atoms with van der Waals surface area (Å²) in [6, 6.07) is 3.32. The average Bonchev–Trinajstić information content (AvgIpc) is 2.44. The molecule has 8 nitrogen and oxygen atoms in total. The number of carbonyl (C=O) groups excluding carboxylic acids is 1. The van der Waals surface area contributed by atoms with Crippen molar-refractivity contribution in [1.29, 1.82) is 0 Å². The minimum atomic E-state index is -0.837. The van der Waals surface area contributed by atoms with Crippen LogP contribution in [0.1, 0.15) is 6.92 Å². The summed E-state index contributed by atoms with van der Waals surface area (Å²) >= 11 is 0. The lowest BCUT2D eigenvalue weighted by molar-refractivity contribution is -0.385. The maximum atomic E-state index is 11.5. The monoisotopic (exact) mass is 283 g/mol. The number of aliphatic hydroxyl groups is 1. The van der Waals surface area contributed by atoms with Gasteiger partial charge in [0.25, 0.3) is 0 Å². The first-order chi connectivity index (χ1) is 9.53. The van der Waals surface area contributed by atoms with E-state index >= 15 is 0 Å². The summed E-state index contributed by atoms with van der Waals surface area (Å²) in [7, 11) is 1.45. The highest BCUT2D eigenvalue weighted by Crippen LogP contribution is 2.30. The molecule has 1 aromatic carbocycles. The molecule has 1 aromatic rings. The van der Waals surface area contributed by atoms with Crippen LogP contribution in [0.4, 0.5) is 11.4 Å². The van der Waals surface area contributed by atoms with Gasteiger partial charge in [0.05, 0.1) is 18.1 Å². The largest absolute Gasteiger partial charge is 0.487 e. The highest BCUT2D eigenvalue weighted by atomic mass is 16.6. The Hall–Kier alpha value is -2.35. The number of likely N-dealkylation sites (N-methyl/N-ethyl adjacent to an activating group) is 1. The zero-order valence-corrected chi connectivity index (χ0v) is 11.3. The number of hydrogen-bond acceptors (Lipinski definition) is 6. The molecule has 0 fully saturated rings. The molecule has 1 unspecified atom stereocenters. The first kappa shape index (κ1) is 15.7. The van der Waals surface area contributed by atoms with Gasteiger partial charge in [0.15, 0.2) is 5.75 Å². The van der Waals surface area contributed by atoms with E-state index < -0.39 is 17.6 Å². The fraction of sp³-hybridized carbons (Fsp3) is 0.417. The highest BCUT2D eigenvalue weighted by molar-refractivity contribution is 5.84. The number of benzene rings is 1. The molecular formula is C12H17N3O5.